The summed E-state index contributed by atoms with van der Waals surface area (Å²) < 4.78 is 24.1. The number of anilines is 1. The van der Waals surface area contributed by atoms with Crippen molar-refractivity contribution in [1.82, 2.24) is 14.5 Å². The number of aromatic nitrogens is 3. The summed E-state index contributed by atoms with van der Waals surface area (Å²) in [6.45, 7) is 0.350. The highest BCUT2D eigenvalue weighted by molar-refractivity contribution is 7.90. The van der Waals surface area contributed by atoms with E-state index in [4.69, 9.17) is 5.73 Å². The molecule has 2 rings (SSSR count). The first-order valence-corrected chi connectivity index (χ1v) is 7.42. The number of imidazole rings is 1. The number of pyridine rings is 1. The lowest BCUT2D eigenvalue weighted by Gasteiger charge is -2.08. The average molecular weight is 266 g/mol. The van der Waals surface area contributed by atoms with Crippen molar-refractivity contribution in [2.45, 2.75) is 6.54 Å². The summed E-state index contributed by atoms with van der Waals surface area (Å²) in [5.41, 5.74) is 7.31. The fraction of sp³-hybridized carbons (Fsp3) is 0.273. The van der Waals surface area contributed by atoms with Gasteiger partial charge in [0, 0.05) is 24.6 Å². The fourth-order valence-corrected chi connectivity index (χ4v) is 2.15. The van der Waals surface area contributed by atoms with Gasteiger partial charge in [-0.15, -0.1) is 0 Å². The van der Waals surface area contributed by atoms with Gasteiger partial charge in [0.1, 0.15) is 15.7 Å². The number of nitrogens with two attached hydrogens (primary N) is 1. The maximum atomic E-state index is 11.2. The van der Waals surface area contributed by atoms with E-state index in [9.17, 15) is 8.42 Å². The zero-order valence-electron chi connectivity index (χ0n) is 9.94. The molecule has 2 aromatic rings. The van der Waals surface area contributed by atoms with E-state index < -0.39 is 9.84 Å². The average Bonchev–Trinajstić information content (AvgIpc) is 2.74. The molecule has 2 N–H and O–H groups in total. The second-order valence-electron chi connectivity index (χ2n) is 4.04. The topological polar surface area (TPSA) is 90.9 Å². The van der Waals surface area contributed by atoms with Crippen LogP contribution in [0.2, 0.25) is 0 Å². The molecule has 0 aliphatic heterocycles. The van der Waals surface area contributed by atoms with Crippen LogP contribution in [0, 0.1) is 0 Å². The molecule has 0 aliphatic rings. The third kappa shape index (κ3) is 2.86. The summed E-state index contributed by atoms with van der Waals surface area (Å²) >= 11 is 0. The molecule has 0 atom stereocenters. The molecule has 0 saturated heterocycles. The van der Waals surface area contributed by atoms with E-state index in [0.717, 1.165) is 11.3 Å². The minimum absolute atomic E-state index is 0.0660. The molecule has 2 aromatic heterocycles. The molecule has 0 bridgehead atoms. The Bertz CT molecular complexity index is 649. The van der Waals surface area contributed by atoms with Crippen molar-refractivity contribution in [3.63, 3.8) is 0 Å². The number of sulfone groups is 1. The Morgan fingerprint density at radius 2 is 2.22 bits per heavy atom. The summed E-state index contributed by atoms with van der Waals surface area (Å²) in [5, 5.41) is 0. The quantitative estimate of drug-likeness (QED) is 0.873. The number of aryl methyl sites for hydroxylation is 1. The van der Waals surface area contributed by atoms with E-state index in [2.05, 4.69) is 9.97 Å². The molecule has 18 heavy (non-hydrogen) atoms. The van der Waals surface area contributed by atoms with Crippen LogP contribution in [0.5, 0.6) is 0 Å². The van der Waals surface area contributed by atoms with Gasteiger partial charge in [-0.2, -0.15) is 0 Å². The van der Waals surface area contributed by atoms with Crippen LogP contribution < -0.4 is 5.73 Å². The van der Waals surface area contributed by atoms with Crippen molar-refractivity contribution in [2.24, 2.45) is 0 Å². The summed E-state index contributed by atoms with van der Waals surface area (Å²) in [4.78, 5) is 8.03. The molecule has 0 aromatic carbocycles. The molecule has 0 saturated carbocycles. The minimum atomic E-state index is -3.00. The Hall–Kier alpha value is -1.89. The van der Waals surface area contributed by atoms with Crippen molar-refractivity contribution in [2.75, 3.05) is 17.7 Å². The lowest BCUT2D eigenvalue weighted by Crippen LogP contribution is -2.11. The molecule has 96 valence electrons. The Morgan fingerprint density at radius 3 is 2.89 bits per heavy atom. The first-order valence-electron chi connectivity index (χ1n) is 5.36. The zero-order valence-corrected chi connectivity index (χ0v) is 10.8. The summed E-state index contributed by atoms with van der Waals surface area (Å²) in [5.74, 6) is 0.467. The molecule has 0 amide bonds. The third-order valence-electron chi connectivity index (χ3n) is 2.53. The molecule has 0 aliphatic carbocycles. The van der Waals surface area contributed by atoms with Gasteiger partial charge in [0.25, 0.3) is 0 Å². The van der Waals surface area contributed by atoms with Crippen LogP contribution in [-0.2, 0) is 16.4 Å². The van der Waals surface area contributed by atoms with Crippen LogP contribution in [0.1, 0.15) is 0 Å². The number of hydrogen-bond donors (Lipinski definition) is 1. The van der Waals surface area contributed by atoms with Crippen molar-refractivity contribution in [3.05, 3.63) is 30.9 Å². The van der Waals surface area contributed by atoms with Crippen LogP contribution in [-0.4, -0.2) is 35.0 Å². The van der Waals surface area contributed by atoms with Gasteiger partial charge in [-0.25, -0.2) is 18.4 Å². The van der Waals surface area contributed by atoms with Crippen LogP contribution in [0.3, 0.4) is 0 Å². The van der Waals surface area contributed by atoms with Gasteiger partial charge < -0.3 is 10.3 Å². The number of hydrogen-bond acceptors (Lipinski definition) is 5. The van der Waals surface area contributed by atoms with Crippen LogP contribution >= 0.6 is 0 Å². The number of nitrogen functional groups attached to an aromatic ring is 1. The SMILES string of the molecule is CS(=O)(=O)CCn1cncc1-c1cccnc1N. The molecule has 0 radical (unpaired) electrons. The Morgan fingerprint density at radius 1 is 1.44 bits per heavy atom. The van der Waals surface area contributed by atoms with E-state index in [1.54, 1.807) is 29.4 Å². The molecular weight excluding hydrogens is 252 g/mol. The van der Waals surface area contributed by atoms with Crippen molar-refractivity contribution < 1.29 is 8.42 Å². The Balaban J connectivity index is 2.31. The van der Waals surface area contributed by atoms with Crippen molar-refractivity contribution in [1.29, 1.82) is 0 Å². The predicted octanol–water partition coefficient (Wildman–Crippen LogP) is 0.572. The number of rotatable bonds is 4. The van der Waals surface area contributed by atoms with Gasteiger partial charge in [0.05, 0.1) is 24.0 Å². The first-order chi connectivity index (χ1) is 8.47. The Labute approximate surface area is 105 Å². The maximum absolute atomic E-state index is 11.2. The smallest absolute Gasteiger partial charge is 0.149 e. The van der Waals surface area contributed by atoms with E-state index in [0.29, 0.717) is 12.4 Å². The van der Waals surface area contributed by atoms with Gasteiger partial charge in [-0.3, -0.25) is 0 Å². The molecule has 0 unspecified atom stereocenters. The Kier molecular flexibility index (Phi) is 3.33. The second-order valence-corrected chi connectivity index (χ2v) is 6.30. The third-order valence-corrected chi connectivity index (χ3v) is 3.45. The van der Waals surface area contributed by atoms with Crippen LogP contribution in [0.25, 0.3) is 11.3 Å². The minimum Gasteiger partial charge on any atom is -0.383 e. The first kappa shape index (κ1) is 12.6. The van der Waals surface area contributed by atoms with E-state index in [-0.39, 0.29) is 5.75 Å². The van der Waals surface area contributed by atoms with Crippen molar-refractivity contribution in [3.8, 4) is 11.3 Å². The lowest BCUT2D eigenvalue weighted by atomic mass is 10.2. The molecular formula is C11H14N4O2S. The highest BCUT2D eigenvalue weighted by Crippen LogP contribution is 2.23. The van der Waals surface area contributed by atoms with Gasteiger partial charge in [0.2, 0.25) is 0 Å². The standard InChI is InChI=1S/C11H14N4O2S/c1-18(16,17)6-5-15-8-13-7-10(15)9-3-2-4-14-11(9)12/h2-4,7-8H,5-6H2,1H3,(H2,12,14). The predicted molar refractivity (Wildman–Crippen MR) is 69.6 cm³/mol. The largest absolute Gasteiger partial charge is 0.383 e. The maximum Gasteiger partial charge on any atom is 0.149 e. The number of nitrogens with zero attached hydrogens (tertiary/aromatic N) is 3. The van der Waals surface area contributed by atoms with Gasteiger partial charge in [-0.05, 0) is 12.1 Å². The molecule has 7 heteroatoms. The van der Waals surface area contributed by atoms with Gasteiger partial charge in [0.15, 0.2) is 0 Å². The lowest BCUT2D eigenvalue weighted by molar-refractivity contribution is 0.595. The molecule has 0 fully saturated rings. The summed E-state index contributed by atoms with van der Waals surface area (Å²) in [7, 11) is -3.00. The van der Waals surface area contributed by atoms with E-state index >= 15 is 0 Å². The van der Waals surface area contributed by atoms with E-state index in [1.807, 2.05) is 6.07 Å². The van der Waals surface area contributed by atoms with E-state index in [1.165, 1.54) is 6.26 Å². The highest BCUT2D eigenvalue weighted by Gasteiger charge is 2.10. The summed E-state index contributed by atoms with van der Waals surface area (Å²) in [6, 6.07) is 3.61. The monoisotopic (exact) mass is 266 g/mol. The van der Waals surface area contributed by atoms with Gasteiger partial charge in [-0.1, -0.05) is 0 Å². The van der Waals surface area contributed by atoms with Gasteiger partial charge >= 0.3 is 0 Å². The highest BCUT2D eigenvalue weighted by atomic mass is 32.2. The summed E-state index contributed by atoms with van der Waals surface area (Å²) in [6.07, 6.45) is 6.06. The normalized spacial score (nSPS) is 11.6. The second kappa shape index (κ2) is 4.77. The van der Waals surface area contributed by atoms with Crippen molar-refractivity contribution >= 4 is 15.7 Å². The van der Waals surface area contributed by atoms with Crippen LogP contribution in [0.4, 0.5) is 5.82 Å². The fourth-order valence-electron chi connectivity index (χ4n) is 1.62. The zero-order chi connectivity index (χ0) is 13.2. The molecule has 6 nitrogen and oxygen atoms in total. The van der Waals surface area contributed by atoms with Crippen LogP contribution in [0.15, 0.2) is 30.9 Å². The molecule has 2 heterocycles. The molecule has 0 spiro atoms.